The van der Waals surface area contributed by atoms with Crippen LogP contribution in [0.15, 0.2) is 30.5 Å². The Labute approximate surface area is 173 Å². The largest absolute Gasteiger partial charge is 0.368 e. The fraction of sp³-hybridized carbons (Fsp3) is 0.429. The van der Waals surface area contributed by atoms with E-state index in [1.807, 2.05) is 24.8 Å². The lowest BCUT2D eigenvalue weighted by atomic mass is 9.95. The maximum absolute atomic E-state index is 12.9. The van der Waals surface area contributed by atoms with Crippen molar-refractivity contribution < 1.29 is 9.59 Å². The van der Waals surface area contributed by atoms with E-state index in [-0.39, 0.29) is 17.5 Å². The summed E-state index contributed by atoms with van der Waals surface area (Å²) in [5, 5.41) is 4.42. The number of nitrogens with two attached hydrogens (primary N) is 1. The quantitative estimate of drug-likeness (QED) is 0.766. The van der Waals surface area contributed by atoms with Gasteiger partial charge in [-0.05, 0) is 50.3 Å². The van der Waals surface area contributed by atoms with Crippen molar-refractivity contribution in [2.75, 3.05) is 23.3 Å². The van der Waals surface area contributed by atoms with Crippen LogP contribution in [0.4, 0.5) is 15.6 Å². The highest BCUT2D eigenvalue weighted by Crippen LogP contribution is 2.49. The summed E-state index contributed by atoms with van der Waals surface area (Å²) in [5.74, 6) is -0.463. The summed E-state index contributed by atoms with van der Waals surface area (Å²) in [4.78, 5) is 33.8. The third-order valence-electron chi connectivity index (χ3n) is 6.29. The number of rotatable bonds is 6. The summed E-state index contributed by atoms with van der Waals surface area (Å²) in [6.45, 7) is 3.54. The van der Waals surface area contributed by atoms with Crippen LogP contribution in [0.5, 0.6) is 0 Å². The van der Waals surface area contributed by atoms with Crippen LogP contribution in [0.25, 0.3) is 0 Å². The van der Waals surface area contributed by atoms with Crippen LogP contribution >= 0.6 is 11.3 Å². The highest BCUT2D eigenvalue weighted by atomic mass is 32.1. The minimum absolute atomic E-state index is 0.115. The number of hydrogen-bond acceptors (Lipinski definition) is 5. The zero-order valence-electron chi connectivity index (χ0n) is 16.3. The molecule has 2 saturated heterocycles. The molecule has 1 aliphatic carbocycles. The molecule has 1 aromatic carbocycles. The van der Waals surface area contributed by atoms with Crippen molar-refractivity contribution in [2.45, 2.75) is 43.7 Å². The number of aromatic nitrogens is 1. The second-order valence-corrected chi connectivity index (χ2v) is 9.40. The Balaban J connectivity index is 1.35. The van der Waals surface area contributed by atoms with Gasteiger partial charge in [0.1, 0.15) is 6.04 Å². The molecule has 1 unspecified atom stereocenters. The standard InChI is InChI=1S/C21H24N5O2S/c1-13-11-23-19(29-13)24-12-21(8-9-21)14-4-6-15(7-5-14)26-17(18(22)27)16-3-2-10-25(16)20(26)28/h3-7,11,16-17H,2,8-10,12H2,1H3,(H2,22,27)(H,23,24)/t16-,17?/m1/s1. The van der Waals surface area contributed by atoms with E-state index in [1.165, 1.54) is 10.4 Å². The van der Waals surface area contributed by atoms with Crippen molar-refractivity contribution >= 4 is 34.1 Å². The monoisotopic (exact) mass is 410 g/mol. The van der Waals surface area contributed by atoms with Crippen molar-refractivity contribution in [3.05, 3.63) is 47.3 Å². The molecule has 29 heavy (non-hydrogen) atoms. The fourth-order valence-corrected chi connectivity index (χ4v) is 5.20. The number of nitrogens with zero attached hydrogens (tertiary/aromatic N) is 3. The van der Waals surface area contributed by atoms with Gasteiger partial charge in [-0.15, -0.1) is 11.3 Å². The van der Waals surface area contributed by atoms with E-state index in [1.54, 1.807) is 21.1 Å². The number of aryl methyl sites for hydroxylation is 1. The highest BCUT2D eigenvalue weighted by Gasteiger charge is 2.51. The summed E-state index contributed by atoms with van der Waals surface area (Å²) >= 11 is 1.66. The van der Waals surface area contributed by atoms with Crippen LogP contribution in [0.1, 0.15) is 29.7 Å². The number of thiazole rings is 1. The Morgan fingerprint density at radius 1 is 1.34 bits per heavy atom. The smallest absolute Gasteiger partial charge is 0.325 e. The number of urea groups is 1. The van der Waals surface area contributed by atoms with Gasteiger partial charge in [0.15, 0.2) is 5.13 Å². The zero-order valence-corrected chi connectivity index (χ0v) is 17.1. The first-order valence-corrected chi connectivity index (χ1v) is 10.8. The number of benzene rings is 1. The molecule has 3 amide bonds. The van der Waals surface area contributed by atoms with Crippen LogP contribution in [0.3, 0.4) is 0 Å². The van der Waals surface area contributed by atoms with Gasteiger partial charge in [0.25, 0.3) is 0 Å². The van der Waals surface area contributed by atoms with Gasteiger partial charge in [0.2, 0.25) is 5.91 Å². The van der Waals surface area contributed by atoms with E-state index < -0.39 is 11.9 Å². The normalized spacial score (nSPS) is 24.7. The molecule has 0 bridgehead atoms. The van der Waals surface area contributed by atoms with Gasteiger partial charge >= 0.3 is 6.03 Å². The minimum atomic E-state index is -0.638. The summed E-state index contributed by atoms with van der Waals surface area (Å²) in [7, 11) is 0. The molecule has 0 spiro atoms. The highest BCUT2D eigenvalue weighted by molar-refractivity contribution is 7.15. The molecule has 5 rings (SSSR count). The number of fused-ring (bicyclic) bond motifs is 1. The maximum Gasteiger partial charge on any atom is 0.325 e. The van der Waals surface area contributed by atoms with Gasteiger partial charge in [-0.1, -0.05) is 12.1 Å². The van der Waals surface area contributed by atoms with Crippen LogP contribution in [0.2, 0.25) is 0 Å². The molecule has 1 aromatic heterocycles. The molecular weight excluding hydrogens is 386 g/mol. The van der Waals surface area contributed by atoms with E-state index in [0.29, 0.717) is 6.54 Å². The van der Waals surface area contributed by atoms with Gasteiger partial charge in [0.05, 0.1) is 6.04 Å². The summed E-state index contributed by atoms with van der Waals surface area (Å²) in [6, 6.07) is 7.05. The minimum Gasteiger partial charge on any atom is -0.368 e. The molecule has 2 aliphatic heterocycles. The van der Waals surface area contributed by atoms with Crippen LogP contribution in [-0.4, -0.2) is 47.0 Å². The second-order valence-electron chi connectivity index (χ2n) is 8.16. The lowest BCUT2D eigenvalue weighted by Crippen LogP contribution is -2.46. The van der Waals surface area contributed by atoms with Crippen molar-refractivity contribution in [2.24, 2.45) is 5.73 Å². The lowest BCUT2D eigenvalue weighted by molar-refractivity contribution is -0.119. The molecule has 3 aliphatic rings. The van der Waals surface area contributed by atoms with Crippen LogP contribution in [0, 0.1) is 13.3 Å². The number of carbonyl (C=O) groups excluding carboxylic acids is 2. The predicted octanol–water partition coefficient (Wildman–Crippen LogP) is 2.67. The molecule has 7 nitrogen and oxygen atoms in total. The molecule has 3 fully saturated rings. The molecule has 8 heteroatoms. The van der Waals surface area contributed by atoms with Crippen LogP contribution < -0.4 is 16.0 Å². The molecule has 1 radical (unpaired) electrons. The molecule has 3 heterocycles. The molecular formula is C21H24N5O2S. The van der Waals surface area contributed by atoms with Crippen LogP contribution in [-0.2, 0) is 10.2 Å². The average Bonchev–Trinajstić information content (AvgIpc) is 3.02. The Kier molecular flexibility index (Phi) is 4.27. The van der Waals surface area contributed by atoms with Gasteiger partial charge in [-0.25, -0.2) is 9.78 Å². The Morgan fingerprint density at radius 2 is 2.10 bits per heavy atom. The number of anilines is 2. The molecule has 151 valence electrons. The number of hydrogen-bond donors (Lipinski definition) is 2. The van der Waals surface area contributed by atoms with E-state index in [2.05, 4.69) is 29.4 Å². The Hall–Kier alpha value is -2.61. The lowest BCUT2D eigenvalue weighted by Gasteiger charge is -2.24. The van der Waals surface area contributed by atoms with Gasteiger partial charge < -0.3 is 16.0 Å². The number of amides is 3. The van der Waals surface area contributed by atoms with Crippen molar-refractivity contribution in [1.29, 1.82) is 0 Å². The summed E-state index contributed by atoms with van der Waals surface area (Å²) < 4.78 is 0. The zero-order chi connectivity index (χ0) is 20.2. The van der Waals surface area contributed by atoms with E-state index in [9.17, 15) is 9.59 Å². The summed E-state index contributed by atoms with van der Waals surface area (Å²) in [6.07, 6.45) is 6.96. The number of carbonyl (C=O) groups is 2. The number of nitrogens with one attached hydrogen (secondary N) is 1. The van der Waals surface area contributed by atoms with Gasteiger partial charge in [0, 0.05) is 35.3 Å². The molecule has 1 saturated carbocycles. The second kappa shape index (κ2) is 6.73. The van der Waals surface area contributed by atoms with E-state index in [0.717, 1.165) is 36.6 Å². The molecule has 2 atom stereocenters. The summed E-state index contributed by atoms with van der Waals surface area (Å²) in [5.41, 5.74) is 7.74. The molecule has 2 aromatic rings. The third kappa shape index (κ3) is 3.06. The number of primary amides is 1. The van der Waals surface area contributed by atoms with Crippen molar-refractivity contribution in [3.8, 4) is 0 Å². The predicted molar refractivity (Wildman–Crippen MR) is 113 cm³/mol. The fourth-order valence-electron chi connectivity index (χ4n) is 4.54. The molecule has 3 N–H and O–H groups in total. The maximum atomic E-state index is 12.9. The third-order valence-corrected chi connectivity index (χ3v) is 7.16. The van der Waals surface area contributed by atoms with Gasteiger partial charge in [-0.2, -0.15) is 0 Å². The Bertz CT molecular complexity index is 952. The average molecular weight is 411 g/mol. The van der Waals surface area contributed by atoms with Crippen molar-refractivity contribution in [3.63, 3.8) is 0 Å². The SMILES string of the molecule is Cc1cnc(NCC2(c3ccc(N4C(=O)N5CC[CH][C@@H]5C4C(N)=O)cc3)CC2)s1. The van der Waals surface area contributed by atoms with Gasteiger partial charge in [-0.3, -0.25) is 9.69 Å². The Morgan fingerprint density at radius 3 is 2.72 bits per heavy atom. The topological polar surface area (TPSA) is 91.6 Å². The van der Waals surface area contributed by atoms with Crippen molar-refractivity contribution in [1.82, 2.24) is 9.88 Å². The first kappa shape index (κ1) is 18.4. The van der Waals surface area contributed by atoms with E-state index in [4.69, 9.17) is 5.73 Å². The first-order valence-electron chi connectivity index (χ1n) is 9.98. The van der Waals surface area contributed by atoms with E-state index >= 15 is 0 Å². The first-order chi connectivity index (χ1) is 14.0.